The molecule has 0 spiro atoms. The molecule has 0 atom stereocenters. The molecule has 0 aromatic carbocycles. The molecule has 0 aliphatic carbocycles. The van der Waals surface area contributed by atoms with Crippen molar-refractivity contribution in [2.24, 2.45) is 0 Å². The number of thiazole rings is 1. The molecule has 0 aliphatic heterocycles. The van der Waals surface area contributed by atoms with Crippen LogP contribution in [0.5, 0.6) is 0 Å². The second kappa shape index (κ2) is 4.27. The highest BCUT2D eigenvalue weighted by Crippen LogP contribution is 2.37. The van der Waals surface area contributed by atoms with Gasteiger partial charge in [-0.2, -0.15) is 0 Å². The van der Waals surface area contributed by atoms with Crippen molar-refractivity contribution >= 4 is 11.3 Å². The molecule has 0 unspecified atom stereocenters. The highest BCUT2D eigenvalue weighted by atomic mass is 32.1. The second-order valence-corrected chi connectivity index (χ2v) is 5.92. The highest BCUT2D eigenvalue weighted by molar-refractivity contribution is 7.15. The number of hydrogen-bond acceptors (Lipinski definition) is 4. The molecular weight excluding hydrogens is 234 g/mol. The van der Waals surface area contributed by atoms with E-state index in [-0.39, 0.29) is 5.92 Å². The van der Waals surface area contributed by atoms with Crippen LogP contribution in [-0.4, -0.2) is 10.1 Å². The summed E-state index contributed by atoms with van der Waals surface area (Å²) in [4.78, 5) is 5.50. The highest BCUT2D eigenvalue weighted by Gasteiger charge is 2.27. The van der Waals surface area contributed by atoms with Crippen LogP contribution in [0, 0.1) is 0 Å². The molecular formula is C13H17NO2S. The Balaban J connectivity index is 2.53. The van der Waals surface area contributed by atoms with Gasteiger partial charge in [0.1, 0.15) is 0 Å². The summed E-state index contributed by atoms with van der Waals surface area (Å²) >= 11 is 1.50. The summed E-state index contributed by atoms with van der Waals surface area (Å²) in [6.07, 6.45) is 1.63. The maximum Gasteiger partial charge on any atom is 0.162 e. The average molecular weight is 251 g/mol. The lowest BCUT2D eigenvalue weighted by atomic mass is 10.0. The van der Waals surface area contributed by atoms with Crippen molar-refractivity contribution in [3.05, 3.63) is 29.0 Å². The first-order valence-corrected chi connectivity index (χ1v) is 6.48. The van der Waals surface area contributed by atoms with Crippen molar-refractivity contribution < 1.29 is 9.52 Å². The zero-order valence-corrected chi connectivity index (χ0v) is 11.3. The van der Waals surface area contributed by atoms with Gasteiger partial charge in [-0.1, -0.05) is 13.8 Å². The topological polar surface area (TPSA) is 46.3 Å². The Labute approximate surface area is 105 Å². The van der Waals surface area contributed by atoms with Gasteiger partial charge in [0.25, 0.3) is 0 Å². The summed E-state index contributed by atoms with van der Waals surface area (Å²) in [7, 11) is 0. The molecule has 1 N–H and O–H groups in total. The summed E-state index contributed by atoms with van der Waals surface area (Å²) in [6.45, 7) is 7.74. The van der Waals surface area contributed by atoms with E-state index in [1.54, 1.807) is 20.1 Å². The molecule has 2 rings (SSSR count). The van der Waals surface area contributed by atoms with Crippen molar-refractivity contribution in [1.29, 1.82) is 0 Å². The molecule has 92 valence electrons. The lowest BCUT2D eigenvalue weighted by Gasteiger charge is -2.17. The molecule has 2 heterocycles. The fourth-order valence-electron chi connectivity index (χ4n) is 1.67. The fraction of sp³-hybridized carbons (Fsp3) is 0.462. The zero-order chi connectivity index (χ0) is 12.6. The molecule has 0 bridgehead atoms. The molecule has 0 fully saturated rings. The molecule has 0 radical (unpaired) electrons. The third-order valence-electron chi connectivity index (χ3n) is 2.49. The van der Waals surface area contributed by atoms with Crippen LogP contribution < -0.4 is 0 Å². The van der Waals surface area contributed by atoms with Gasteiger partial charge >= 0.3 is 0 Å². The van der Waals surface area contributed by atoms with E-state index >= 15 is 0 Å². The summed E-state index contributed by atoms with van der Waals surface area (Å²) in [5, 5.41) is 11.0. The minimum atomic E-state index is -0.859. The van der Waals surface area contributed by atoms with Crippen LogP contribution >= 0.6 is 11.3 Å². The van der Waals surface area contributed by atoms with Crippen LogP contribution in [-0.2, 0) is 5.60 Å². The van der Waals surface area contributed by atoms with Crippen LogP contribution in [0.2, 0.25) is 0 Å². The molecule has 0 amide bonds. The Morgan fingerprint density at radius 3 is 2.53 bits per heavy atom. The molecule has 17 heavy (non-hydrogen) atoms. The summed E-state index contributed by atoms with van der Waals surface area (Å²) in [5.74, 6) is 1.05. The zero-order valence-electron chi connectivity index (χ0n) is 10.5. The SMILES string of the molecule is CC(C)c1nc(-c2ccco2)sc1C(C)(C)O. The van der Waals surface area contributed by atoms with Crippen molar-refractivity contribution in [2.75, 3.05) is 0 Å². The Hall–Kier alpha value is -1.13. The standard InChI is InChI=1S/C13H17NO2S/c1-8(2)10-11(13(3,4)15)17-12(14-10)9-6-5-7-16-9/h5-8,15H,1-4H3. The number of nitrogens with zero attached hydrogens (tertiary/aromatic N) is 1. The molecule has 2 aromatic heterocycles. The fourth-order valence-corrected chi connectivity index (χ4v) is 2.86. The Morgan fingerprint density at radius 2 is 2.12 bits per heavy atom. The van der Waals surface area contributed by atoms with Gasteiger partial charge in [-0.05, 0) is 31.9 Å². The minimum absolute atomic E-state index is 0.288. The normalized spacial score (nSPS) is 12.4. The van der Waals surface area contributed by atoms with E-state index in [0.717, 1.165) is 21.3 Å². The maximum atomic E-state index is 10.2. The third-order valence-corrected chi connectivity index (χ3v) is 3.89. The van der Waals surface area contributed by atoms with E-state index in [4.69, 9.17) is 4.42 Å². The Morgan fingerprint density at radius 1 is 1.41 bits per heavy atom. The number of rotatable bonds is 3. The van der Waals surface area contributed by atoms with Gasteiger partial charge in [0, 0.05) is 0 Å². The van der Waals surface area contributed by atoms with Crippen LogP contribution in [0.3, 0.4) is 0 Å². The van der Waals surface area contributed by atoms with Gasteiger partial charge in [0.15, 0.2) is 10.8 Å². The van der Waals surface area contributed by atoms with Crippen molar-refractivity contribution in [1.82, 2.24) is 4.98 Å². The number of aliphatic hydroxyl groups is 1. The van der Waals surface area contributed by atoms with Crippen LogP contribution in [0.15, 0.2) is 22.8 Å². The lowest BCUT2D eigenvalue weighted by Crippen LogP contribution is -2.16. The molecule has 0 saturated carbocycles. The first kappa shape index (κ1) is 12.3. The van der Waals surface area contributed by atoms with E-state index in [1.165, 1.54) is 11.3 Å². The number of aromatic nitrogens is 1. The quantitative estimate of drug-likeness (QED) is 0.903. The third kappa shape index (κ3) is 2.42. The van der Waals surface area contributed by atoms with Gasteiger partial charge < -0.3 is 9.52 Å². The predicted molar refractivity (Wildman–Crippen MR) is 69.1 cm³/mol. The van der Waals surface area contributed by atoms with Gasteiger partial charge in [0.05, 0.1) is 22.4 Å². The van der Waals surface area contributed by atoms with Crippen molar-refractivity contribution in [3.8, 4) is 10.8 Å². The summed E-state index contributed by atoms with van der Waals surface area (Å²) < 4.78 is 5.35. The van der Waals surface area contributed by atoms with Crippen molar-refractivity contribution in [3.63, 3.8) is 0 Å². The maximum absolute atomic E-state index is 10.2. The van der Waals surface area contributed by atoms with Gasteiger partial charge in [0.2, 0.25) is 0 Å². The molecule has 4 heteroatoms. The van der Waals surface area contributed by atoms with E-state index in [9.17, 15) is 5.11 Å². The number of furan rings is 1. The average Bonchev–Trinajstić information content (AvgIpc) is 2.85. The summed E-state index contributed by atoms with van der Waals surface area (Å²) in [5.41, 5.74) is 0.0937. The number of hydrogen-bond donors (Lipinski definition) is 1. The molecule has 3 nitrogen and oxygen atoms in total. The van der Waals surface area contributed by atoms with E-state index in [0.29, 0.717) is 0 Å². The van der Waals surface area contributed by atoms with Crippen LogP contribution in [0.25, 0.3) is 10.8 Å². The monoisotopic (exact) mass is 251 g/mol. The van der Waals surface area contributed by atoms with Crippen molar-refractivity contribution in [2.45, 2.75) is 39.2 Å². The predicted octanol–water partition coefficient (Wildman–Crippen LogP) is 3.75. The van der Waals surface area contributed by atoms with Crippen LogP contribution in [0.4, 0.5) is 0 Å². The molecule has 0 saturated heterocycles. The first-order chi connectivity index (χ1) is 7.89. The van der Waals surface area contributed by atoms with E-state index < -0.39 is 5.60 Å². The minimum Gasteiger partial charge on any atom is -0.462 e. The van der Waals surface area contributed by atoms with E-state index in [1.807, 2.05) is 12.1 Å². The summed E-state index contributed by atoms with van der Waals surface area (Å²) in [6, 6.07) is 3.73. The second-order valence-electron chi connectivity index (χ2n) is 4.92. The van der Waals surface area contributed by atoms with Gasteiger partial charge in [-0.15, -0.1) is 11.3 Å². The van der Waals surface area contributed by atoms with E-state index in [2.05, 4.69) is 18.8 Å². The van der Waals surface area contributed by atoms with Gasteiger partial charge in [-0.3, -0.25) is 0 Å². The van der Waals surface area contributed by atoms with Crippen LogP contribution in [0.1, 0.15) is 44.2 Å². The smallest absolute Gasteiger partial charge is 0.162 e. The molecule has 2 aromatic rings. The first-order valence-electron chi connectivity index (χ1n) is 5.67. The largest absolute Gasteiger partial charge is 0.462 e. The lowest BCUT2D eigenvalue weighted by molar-refractivity contribution is 0.0811. The Kier molecular flexibility index (Phi) is 3.10. The van der Waals surface area contributed by atoms with Gasteiger partial charge in [-0.25, -0.2) is 4.98 Å². The molecule has 0 aliphatic rings. The Bertz CT molecular complexity index is 492.